The smallest absolute Gasteiger partial charge is 0.306 e. The van der Waals surface area contributed by atoms with Gasteiger partial charge in [-0.15, -0.1) is 0 Å². The van der Waals surface area contributed by atoms with Gasteiger partial charge in [0, 0.05) is 17.8 Å². The zero-order chi connectivity index (χ0) is 20.4. The van der Waals surface area contributed by atoms with Crippen molar-refractivity contribution in [3.63, 3.8) is 0 Å². The van der Waals surface area contributed by atoms with E-state index in [2.05, 4.69) is 0 Å². The van der Waals surface area contributed by atoms with Gasteiger partial charge < -0.3 is 29.9 Å². The van der Waals surface area contributed by atoms with Crippen molar-refractivity contribution in [2.45, 2.75) is 51.0 Å². The van der Waals surface area contributed by atoms with Gasteiger partial charge in [0.1, 0.15) is 12.2 Å². The van der Waals surface area contributed by atoms with Crippen molar-refractivity contribution in [1.82, 2.24) is 0 Å². The first-order valence-electron chi connectivity index (χ1n) is 9.57. The number of ether oxygens (including phenoxy) is 2. The van der Waals surface area contributed by atoms with E-state index in [4.69, 9.17) is 9.47 Å². The van der Waals surface area contributed by atoms with E-state index in [1.807, 2.05) is 0 Å². The molecule has 0 amide bonds. The molecule has 152 valence electrons. The van der Waals surface area contributed by atoms with Gasteiger partial charge in [0.05, 0.1) is 12.0 Å². The number of carbonyl (C=O) groups is 2. The maximum Gasteiger partial charge on any atom is 0.306 e. The Bertz CT molecular complexity index is 877. The minimum Gasteiger partial charge on any atom is -0.457 e. The summed E-state index contributed by atoms with van der Waals surface area (Å²) in [6.07, 6.45) is 0.522. The number of rotatable bonds is 1. The average Bonchev–Trinajstić information content (AvgIpc) is 2.83. The van der Waals surface area contributed by atoms with Gasteiger partial charge in [-0.05, 0) is 49.0 Å². The van der Waals surface area contributed by atoms with E-state index in [0.717, 1.165) is 0 Å². The topological polar surface area (TPSA) is 134 Å². The van der Waals surface area contributed by atoms with Crippen molar-refractivity contribution in [1.29, 1.82) is 0 Å². The summed E-state index contributed by atoms with van der Waals surface area (Å²) in [5.41, 5.74) is -1.57. The molecule has 0 radical (unpaired) electrons. The van der Waals surface area contributed by atoms with Gasteiger partial charge in [-0.1, -0.05) is 6.92 Å². The summed E-state index contributed by atoms with van der Waals surface area (Å²) in [5.74, 6) is -8.10. The lowest BCUT2D eigenvalue weighted by Gasteiger charge is -2.65. The van der Waals surface area contributed by atoms with E-state index in [9.17, 15) is 30.0 Å². The summed E-state index contributed by atoms with van der Waals surface area (Å²) in [5, 5.41) is 44.6. The second-order valence-electron chi connectivity index (χ2n) is 9.20. The standard InChI is InChI=1S/C20H24O8/c1-8-4-12(22)20(26)17(3)10(8)5-13-18(7-21)11(6-14(23)27-13)9(2)15(24)19(25,28-20)16(17)18/h4-5,9,11,13,15-16,21,24-26H,6-7H2,1-3H3/t9-,11+,13-,15-,16-,17+,18-,19-,20+/m1/s1. The van der Waals surface area contributed by atoms with E-state index >= 15 is 0 Å². The summed E-state index contributed by atoms with van der Waals surface area (Å²) < 4.78 is 11.3. The molecular formula is C20H24O8. The summed E-state index contributed by atoms with van der Waals surface area (Å²) in [6, 6.07) is 0. The summed E-state index contributed by atoms with van der Waals surface area (Å²) in [6.45, 7) is 4.51. The van der Waals surface area contributed by atoms with Crippen LogP contribution < -0.4 is 0 Å². The van der Waals surface area contributed by atoms with E-state index in [0.29, 0.717) is 11.1 Å². The molecule has 2 aliphatic heterocycles. The van der Waals surface area contributed by atoms with Crippen LogP contribution in [0, 0.1) is 28.6 Å². The Morgan fingerprint density at radius 1 is 1.29 bits per heavy atom. The van der Waals surface area contributed by atoms with E-state index in [-0.39, 0.29) is 6.42 Å². The quantitative estimate of drug-likeness (QED) is 0.435. The van der Waals surface area contributed by atoms with Gasteiger partial charge in [-0.2, -0.15) is 0 Å². The zero-order valence-electron chi connectivity index (χ0n) is 15.9. The van der Waals surface area contributed by atoms with Crippen molar-refractivity contribution in [2.75, 3.05) is 6.61 Å². The average molecular weight is 392 g/mol. The number of aliphatic hydroxyl groups is 4. The molecule has 28 heavy (non-hydrogen) atoms. The van der Waals surface area contributed by atoms with Crippen molar-refractivity contribution in [2.24, 2.45) is 28.6 Å². The van der Waals surface area contributed by atoms with E-state index in [1.165, 1.54) is 6.08 Å². The largest absolute Gasteiger partial charge is 0.457 e. The van der Waals surface area contributed by atoms with Crippen LogP contribution in [0.15, 0.2) is 23.3 Å². The van der Waals surface area contributed by atoms with Crippen LogP contribution >= 0.6 is 0 Å². The lowest BCUT2D eigenvalue weighted by Crippen LogP contribution is -2.74. The third-order valence-electron chi connectivity index (χ3n) is 8.22. The number of carbonyl (C=O) groups excluding carboxylic acids is 2. The van der Waals surface area contributed by atoms with Gasteiger partial charge >= 0.3 is 5.97 Å². The molecule has 1 saturated carbocycles. The maximum absolute atomic E-state index is 12.8. The second kappa shape index (κ2) is 4.94. The van der Waals surface area contributed by atoms with Crippen molar-refractivity contribution in [3.05, 3.63) is 23.3 Å². The summed E-state index contributed by atoms with van der Waals surface area (Å²) >= 11 is 0. The first-order chi connectivity index (χ1) is 13.0. The number of ketones is 1. The third-order valence-corrected chi connectivity index (χ3v) is 8.22. The minimum absolute atomic E-state index is 0.0394. The number of hydrogen-bond acceptors (Lipinski definition) is 8. The third kappa shape index (κ3) is 1.57. The number of aliphatic hydroxyl groups excluding tert-OH is 2. The molecule has 4 N–H and O–H groups in total. The molecule has 3 fully saturated rings. The van der Waals surface area contributed by atoms with Crippen LogP contribution in [-0.4, -0.2) is 62.6 Å². The van der Waals surface area contributed by atoms with Crippen molar-refractivity contribution >= 4 is 11.8 Å². The SMILES string of the molecule is CC1=CC(=O)[C@]2(O)O[C@]3(O)[C@H](O)[C@H](C)[C@@H]4CC(=O)O[C@@H]5C=C1[C@@]2(C)[C@@H]3[C@@]54CO. The highest BCUT2D eigenvalue weighted by Crippen LogP contribution is 2.74. The number of hydrogen-bond donors (Lipinski definition) is 4. The Labute approximate surface area is 161 Å². The Morgan fingerprint density at radius 2 is 1.96 bits per heavy atom. The van der Waals surface area contributed by atoms with Crippen LogP contribution in [0.4, 0.5) is 0 Å². The Hall–Kier alpha value is -1.58. The highest BCUT2D eigenvalue weighted by molar-refractivity contribution is 6.00. The van der Waals surface area contributed by atoms with Crippen LogP contribution in [0.1, 0.15) is 27.2 Å². The van der Waals surface area contributed by atoms with Crippen LogP contribution in [0.5, 0.6) is 0 Å². The molecular weight excluding hydrogens is 368 g/mol. The summed E-state index contributed by atoms with van der Waals surface area (Å²) in [4.78, 5) is 25.1. The monoisotopic (exact) mass is 392 g/mol. The fourth-order valence-corrected chi connectivity index (χ4v) is 7.06. The van der Waals surface area contributed by atoms with Crippen LogP contribution in [-0.2, 0) is 19.1 Å². The van der Waals surface area contributed by atoms with Crippen LogP contribution in [0.2, 0.25) is 0 Å². The highest BCUT2D eigenvalue weighted by Gasteiger charge is 2.85. The molecule has 5 aliphatic rings. The second-order valence-corrected chi connectivity index (χ2v) is 9.20. The van der Waals surface area contributed by atoms with Gasteiger partial charge in [-0.25, -0.2) is 0 Å². The fourth-order valence-electron chi connectivity index (χ4n) is 7.06. The minimum atomic E-state index is -2.40. The molecule has 0 aromatic carbocycles. The first-order valence-corrected chi connectivity index (χ1v) is 9.57. The molecule has 3 aliphatic carbocycles. The lowest BCUT2D eigenvalue weighted by atomic mass is 9.40. The number of allylic oxidation sites excluding steroid dienone is 1. The zero-order valence-corrected chi connectivity index (χ0v) is 15.9. The molecule has 2 saturated heterocycles. The Morgan fingerprint density at radius 3 is 2.61 bits per heavy atom. The molecule has 0 bridgehead atoms. The predicted molar refractivity (Wildman–Crippen MR) is 92.1 cm³/mol. The van der Waals surface area contributed by atoms with Crippen LogP contribution in [0.3, 0.4) is 0 Å². The molecule has 0 spiro atoms. The Balaban J connectivity index is 1.90. The molecule has 0 unspecified atom stereocenters. The van der Waals surface area contributed by atoms with Gasteiger partial charge in [0.15, 0.2) is 0 Å². The first kappa shape index (κ1) is 18.4. The molecule has 2 heterocycles. The molecule has 5 rings (SSSR count). The highest BCUT2D eigenvalue weighted by atomic mass is 16.7. The lowest BCUT2D eigenvalue weighted by molar-refractivity contribution is -0.359. The van der Waals surface area contributed by atoms with Crippen molar-refractivity contribution < 1.29 is 39.5 Å². The Kier molecular flexibility index (Phi) is 3.25. The molecule has 9 atom stereocenters. The molecule has 0 aromatic rings. The van der Waals surface area contributed by atoms with E-state index in [1.54, 1.807) is 26.8 Å². The van der Waals surface area contributed by atoms with Gasteiger partial charge in [-0.3, -0.25) is 9.59 Å². The number of esters is 1. The molecule has 8 heteroatoms. The fraction of sp³-hybridized carbons (Fsp3) is 0.700. The molecule has 8 nitrogen and oxygen atoms in total. The van der Waals surface area contributed by atoms with E-state index < -0.39 is 70.7 Å². The van der Waals surface area contributed by atoms with Crippen molar-refractivity contribution in [3.8, 4) is 0 Å². The summed E-state index contributed by atoms with van der Waals surface area (Å²) in [7, 11) is 0. The van der Waals surface area contributed by atoms with Gasteiger partial charge in [0.25, 0.3) is 0 Å². The molecule has 0 aromatic heterocycles. The van der Waals surface area contributed by atoms with Gasteiger partial charge in [0.2, 0.25) is 17.4 Å². The maximum atomic E-state index is 12.8. The normalized spacial score (nSPS) is 56.6. The van der Waals surface area contributed by atoms with Crippen LogP contribution in [0.25, 0.3) is 0 Å². The predicted octanol–water partition coefficient (Wildman–Crippen LogP) is -0.594.